The van der Waals surface area contributed by atoms with E-state index >= 15 is 0 Å². The Morgan fingerprint density at radius 1 is 1.31 bits per heavy atom. The molecule has 1 aliphatic heterocycles. The Kier molecular flexibility index (Phi) is 4.87. The molecule has 0 unspecified atom stereocenters. The Hall–Kier alpha value is -1.15. The molecule has 0 aliphatic carbocycles. The molecule has 2 nitrogen and oxygen atoms in total. The predicted molar refractivity (Wildman–Crippen MR) is 55.6 cm³/mol. The second-order valence-electron chi connectivity index (χ2n) is 2.94. The number of pyridine rings is 1. The monoisotopic (exact) mass is 176 g/mol. The van der Waals surface area contributed by atoms with Crippen molar-refractivity contribution in [1.29, 1.82) is 0 Å². The summed E-state index contributed by atoms with van der Waals surface area (Å²) < 4.78 is 0. The molecule has 0 saturated heterocycles. The van der Waals surface area contributed by atoms with Crippen molar-refractivity contribution in [3.8, 4) is 0 Å². The smallest absolute Gasteiger partial charge is 0.0372 e. The van der Waals surface area contributed by atoms with Crippen LogP contribution in [0.25, 0.3) is 0 Å². The minimum atomic E-state index is 1.07. The summed E-state index contributed by atoms with van der Waals surface area (Å²) in [6.45, 7) is 4.20. The molecule has 0 aromatic carbocycles. The van der Waals surface area contributed by atoms with Crippen molar-refractivity contribution in [2.45, 2.75) is 13.3 Å². The van der Waals surface area contributed by atoms with E-state index in [1.165, 1.54) is 6.42 Å². The van der Waals surface area contributed by atoms with Crippen LogP contribution in [0.1, 0.15) is 12.1 Å². The fourth-order valence-corrected chi connectivity index (χ4v) is 1.02. The van der Waals surface area contributed by atoms with E-state index in [0.29, 0.717) is 0 Å². The van der Waals surface area contributed by atoms with Gasteiger partial charge in [-0.1, -0.05) is 18.2 Å². The van der Waals surface area contributed by atoms with E-state index in [4.69, 9.17) is 0 Å². The molecule has 2 rings (SSSR count). The number of aromatic nitrogens is 1. The molecule has 0 saturated carbocycles. The van der Waals surface area contributed by atoms with Gasteiger partial charge in [0, 0.05) is 18.4 Å². The highest BCUT2D eigenvalue weighted by molar-refractivity contribution is 4.99. The first kappa shape index (κ1) is 9.93. The average molecular weight is 176 g/mol. The Bertz CT molecular complexity index is 234. The Morgan fingerprint density at radius 2 is 2.23 bits per heavy atom. The zero-order valence-electron chi connectivity index (χ0n) is 8.03. The van der Waals surface area contributed by atoms with Crippen LogP contribution in [-0.2, 0) is 0 Å². The lowest BCUT2D eigenvalue weighted by Gasteiger charge is -2.01. The summed E-state index contributed by atoms with van der Waals surface area (Å²) in [5.41, 5.74) is 1.07. The molecule has 0 fully saturated rings. The molecule has 0 spiro atoms. The second kappa shape index (κ2) is 6.38. The van der Waals surface area contributed by atoms with E-state index < -0.39 is 0 Å². The van der Waals surface area contributed by atoms with Gasteiger partial charge in [0.15, 0.2) is 0 Å². The van der Waals surface area contributed by atoms with Gasteiger partial charge >= 0.3 is 0 Å². The summed E-state index contributed by atoms with van der Waals surface area (Å²) in [5.74, 6) is 0. The number of nitrogens with zero attached hydrogens (tertiary/aromatic N) is 1. The van der Waals surface area contributed by atoms with Crippen LogP contribution in [-0.4, -0.2) is 18.1 Å². The molecule has 2 heterocycles. The van der Waals surface area contributed by atoms with Crippen LogP contribution in [0.5, 0.6) is 0 Å². The maximum Gasteiger partial charge on any atom is 0.0372 e. The van der Waals surface area contributed by atoms with Crippen molar-refractivity contribution in [2.75, 3.05) is 13.1 Å². The molecule has 0 radical (unpaired) electrons. The Morgan fingerprint density at radius 3 is 2.46 bits per heavy atom. The fraction of sp³-hybridized carbons (Fsp3) is 0.364. The zero-order valence-corrected chi connectivity index (χ0v) is 8.03. The summed E-state index contributed by atoms with van der Waals surface area (Å²) in [4.78, 5) is 3.98. The van der Waals surface area contributed by atoms with Crippen molar-refractivity contribution >= 4 is 0 Å². The standard InChI is InChI=1S/C6H7N.C5H9N/c1-6-4-2-3-5-7-6;1-2-4-6-5-3-1/h2-5H,1H3;1-2,6H,3-5H2. The third-order valence-corrected chi connectivity index (χ3v) is 1.73. The summed E-state index contributed by atoms with van der Waals surface area (Å²) in [6.07, 6.45) is 7.36. The van der Waals surface area contributed by atoms with Gasteiger partial charge in [-0.15, -0.1) is 0 Å². The van der Waals surface area contributed by atoms with Crippen LogP contribution >= 0.6 is 0 Å². The fourth-order valence-electron chi connectivity index (χ4n) is 1.02. The predicted octanol–water partition coefficient (Wildman–Crippen LogP) is 1.93. The van der Waals surface area contributed by atoms with E-state index in [1.54, 1.807) is 6.20 Å². The van der Waals surface area contributed by atoms with Gasteiger partial charge in [0.2, 0.25) is 0 Å². The van der Waals surface area contributed by atoms with Crippen molar-refractivity contribution in [3.05, 3.63) is 42.2 Å². The van der Waals surface area contributed by atoms with Gasteiger partial charge < -0.3 is 5.32 Å². The number of hydrogen-bond acceptors (Lipinski definition) is 2. The van der Waals surface area contributed by atoms with E-state index in [9.17, 15) is 0 Å². The molecule has 1 aromatic rings. The lowest BCUT2D eigenvalue weighted by molar-refractivity contribution is 0.728. The minimum absolute atomic E-state index is 1.07. The summed E-state index contributed by atoms with van der Waals surface area (Å²) >= 11 is 0. The molecule has 0 bridgehead atoms. The third-order valence-electron chi connectivity index (χ3n) is 1.73. The lowest BCUT2D eigenvalue weighted by Crippen LogP contribution is -2.17. The maximum absolute atomic E-state index is 3.98. The minimum Gasteiger partial charge on any atom is -0.313 e. The molecule has 70 valence electrons. The number of rotatable bonds is 0. The van der Waals surface area contributed by atoms with Gasteiger partial charge in [-0.05, 0) is 32.0 Å². The van der Waals surface area contributed by atoms with Crippen molar-refractivity contribution in [1.82, 2.24) is 10.3 Å². The first-order chi connectivity index (χ1) is 6.39. The van der Waals surface area contributed by atoms with Gasteiger partial charge in [0.25, 0.3) is 0 Å². The molecule has 1 aliphatic rings. The topological polar surface area (TPSA) is 24.9 Å². The van der Waals surface area contributed by atoms with E-state index in [-0.39, 0.29) is 0 Å². The normalized spacial score (nSPS) is 14.5. The SMILES string of the molecule is C1=CCNCC1.Cc1ccccn1. The van der Waals surface area contributed by atoms with Crippen LogP contribution in [0.15, 0.2) is 36.5 Å². The highest BCUT2D eigenvalue weighted by Crippen LogP contribution is 1.86. The largest absolute Gasteiger partial charge is 0.313 e. The van der Waals surface area contributed by atoms with Crippen LogP contribution < -0.4 is 5.32 Å². The molecule has 0 atom stereocenters. The summed E-state index contributed by atoms with van der Waals surface area (Å²) in [6, 6.07) is 5.86. The molecular weight excluding hydrogens is 160 g/mol. The second-order valence-corrected chi connectivity index (χ2v) is 2.94. The average Bonchev–Trinajstić information content (AvgIpc) is 2.22. The first-order valence-electron chi connectivity index (χ1n) is 4.63. The number of aryl methyl sites for hydroxylation is 1. The third kappa shape index (κ3) is 5.15. The first-order valence-corrected chi connectivity index (χ1v) is 4.63. The Labute approximate surface area is 79.7 Å². The molecular formula is C11H16N2. The van der Waals surface area contributed by atoms with Gasteiger partial charge in [-0.25, -0.2) is 0 Å². The van der Waals surface area contributed by atoms with Crippen molar-refractivity contribution in [2.24, 2.45) is 0 Å². The molecule has 1 aromatic heterocycles. The van der Waals surface area contributed by atoms with Crippen LogP contribution in [0, 0.1) is 6.92 Å². The molecule has 0 amide bonds. The van der Waals surface area contributed by atoms with Crippen LogP contribution in [0.3, 0.4) is 0 Å². The molecule has 1 N–H and O–H groups in total. The lowest BCUT2D eigenvalue weighted by atomic mass is 10.3. The van der Waals surface area contributed by atoms with Crippen molar-refractivity contribution < 1.29 is 0 Å². The Balaban J connectivity index is 0.000000132. The van der Waals surface area contributed by atoms with E-state index in [0.717, 1.165) is 18.8 Å². The zero-order chi connectivity index (χ0) is 9.36. The van der Waals surface area contributed by atoms with E-state index in [2.05, 4.69) is 22.5 Å². The van der Waals surface area contributed by atoms with E-state index in [1.807, 2.05) is 25.1 Å². The van der Waals surface area contributed by atoms with Gasteiger partial charge in [-0.2, -0.15) is 0 Å². The highest BCUT2D eigenvalue weighted by atomic mass is 14.8. The maximum atomic E-state index is 3.98. The van der Waals surface area contributed by atoms with Crippen LogP contribution in [0.4, 0.5) is 0 Å². The quantitative estimate of drug-likeness (QED) is 0.611. The van der Waals surface area contributed by atoms with Gasteiger partial charge in [0.05, 0.1) is 0 Å². The van der Waals surface area contributed by atoms with Crippen LogP contribution in [0.2, 0.25) is 0 Å². The summed E-state index contributed by atoms with van der Waals surface area (Å²) in [7, 11) is 0. The number of hydrogen-bond donors (Lipinski definition) is 1. The molecule has 13 heavy (non-hydrogen) atoms. The number of nitrogens with one attached hydrogen (secondary N) is 1. The molecule has 2 heteroatoms. The highest BCUT2D eigenvalue weighted by Gasteiger charge is 1.84. The summed E-state index contributed by atoms with van der Waals surface area (Å²) in [5, 5.41) is 3.20. The van der Waals surface area contributed by atoms with Gasteiger partial charge in [-0.3, -0.25) is 4.98 Å². The van der Waals surface area contributed by atoms with Crippen molar-refractivity contribution in [3.63, 3.8) is 0 Å². The van der Waals surface area contributed by atoms with Gasteiger partial charge in [0.1, 0.15) is 0 Å².